The number of benzene rings is 2. The summed E-state index contributed by atoms with van der Waals surface area (Å²) in [5.74, 6) is -0.363. The van der Waals surface area contributed by atoms with Gasteiger partial charge in [-0.15, -0.1) is 0 Å². The lowest BCUT2D eigenvalue weighted by Gasteiger charge is -2.14. The molecule has 1 N–H and O–H groups in total. The highest BCUT2D eigenvalue weighted by atomic mass is 35.5. The highest BCUT2D eigenvalue weighted by Crippen LogP contribution is 2.35. The molecule has 0 unspecified atom stereocenters. The van der Waals surface area contributed by atoms with Crippen molar-refractivity contribution in [2.75, 3.05) is 18.4 Å². The molecule has 2 aromatic carbocycles. The van der Waals surface area contributed by atoms with Crippen LogP contribution in [0.3, 0.4) is 0 Å². The van der Waals surface area contributed by atoms with Crippen LogP contribution in [-0.4, -0.2) is 28.1 Å². The predicted molar refractivity (Wildman–Crippen MR) is 96.0 cm³/mol. The fraction of sp³-hybridized carbons (Fsp3) is 0.235. The summed E-state index contributed by atoms with van der Waals surface area (Å²) in [6.07, 6.45) is -4.65. The SMILES string of the molecule is COC(=O)COc1ccc(S(=O)(=O)Nc2cc(C(F)(F)F)ccc2Cl)cc1C. The van der Waals surface area contributed by atoms with Gasteiger partial charge in [0.25, 0.3) is 10.0 Å². The number of alkyl halides is 3. The number of sulfonamides is 1. The van der Waals surface area contributed by atoms with E-state index in [2.05, 4.69) is 4.74 Å². The summed E-state index contributed by atoms with van der Waals surface area (Å²) < 4.78 is 75.3. The van der Waals surface area contributed by atoms with Gasteiger partial charge in [-0.1, -0.05) is 11.6 Å². The van der Waals surface area contributed by atoms with Crippen molar-refractivity contribution in [1.29, 1.82) is 0 Å². The molecular formula is C17H15ClF3NO5S. The topological polar surface area (TPSA) is 81.7 Å². The fourth-order valence-corrected chi connectivity index (χ4v) is 3.51. The van der Waals surface area contributed by atoms with E-state index in [1.54, 1.807) is 6.92 Å². The van der Waals surface area contributed by atoms with Crippen LogP contribution in [0, 0.1) is 6.92 Å². The molecule has 0 spiro atoms. The van der Waals surface area contributed by atoms with Crippen LogP contribution < -0.4 is 9.46 Å². The molecule has 0 heterocycles. The molecule has 0 saturated carbocycles. The first-order valence-corrected chi connectivity index (χ1v) is 9.50. The normalized spacial score (nSPS) is 11.8. The van der Waals surface area contributed by atoms with E-state index in [0.29, 0.717) is 11.6 Å². The van der Waals surface area contributed by atoms with E-state index in [0.717, 1.165) is 12.1 Å². The van der Waals surface area contributed by atoms with E-state index in [9.17, 15) is 26.4 Å². The zero-order chi connectivity index (χ0) is 21.1. The average molecular weight is 438 g/mol. The van der Waals surface area contributed by atoms with Crippen molar-refractivity contribution < 1.29 is 35.9 Å². The molecule has 152 valence electrons. The third-order valence-electron chi connectivity index (χ3n) is 3.57. The third-order valence-corrected chi connectivity index (χ3v) is 5.26. The summed E-state index contributed by atoms with van der Waals surface area (Å²) in [5, 5.41) is -0.189. The van der Waals surface area contributed by atoms with Crippen LogP contribution in [0.15, 0.2) is 41.3 Å². The molecule has 2 rings (SSSR count). The number of methoxy groups -OCH3 is 1. The second-order valence-corrected chi connectivity index (χ2v) is 7.68. The lowest BCUT2D eigenvalue weighted by atomic mass is 10.2. The lowest BCUT2D eigenvalue weighted by molar-refractivity contribution is -0.143. The number of esters is 1. The summed E-state index contributed by atoms with van der Waals surface area (Å²) in [6.45, 7) is 1.18. The minimum absolute atomic E-state index is 0.189. The van der Waals surface area contributed by atoms with Crippen LogP contribution >= 0.6 is 11.6 Å². The van der Waals surface area contributed by atoms with Gasteiger partial charge in [-0.25, -0.2) is 13.2 Å². The molecular weight excluding hydrogens is 423 g/mol. The Bertz CT molecular complexity index is 993. The average Bonchev–Trinajstić information content (AvgIpc) is 2.61. The van der Waals surface area contributed by atoms with Crippen molar-refractivity contribution in [3.8, 4) is 5.75 Å². The van der Waals surface area contributed by atoms with Gasteiger partial charge in [-0.05, 0) is 48.9 Å². The number of ether oxygens (including phenoxy) is 2. The molecule has 0 aliphatic rings. The number of rotatable bonds is 6. The molecule has 0 radical (unpaired) electrons. The number of anilines is 1. The summed E-state index contributed by atoms with van der Waals surface area (Å²) in [4.78, 5) is 10.9. The number of aryl methyl sites for hydroxylation is 1. The Labute approximate surface area is 164 Å². The molecule has 0 aliphatic heterocycles. The quantitative estimate of drug-likeness (QED) is 0.690. The van der Waals surface area contributed by atoms with E-state index in [1.807, 2.05) is 4.72 Å². The number of halogens is 4. The molecule has 0 aromatic heterocycles. The molecule has 0 bridgehead atoms. The van der Waals surface area contributed by atoms with Gasteiger partial charge in [0.05, 0.1) is 28.3 Å². The minimum atomic E-state index is -4.65. The second kappa shape index (κ2) is 8.27. The number of hydrogen-bond acceptors (Lipinski definition) is 5. The Morgan fingerprint density at radius 1 is 1.18 bits per heavy atom. The van der Waals surface area contributed by atoms with Crippen molar-refractivity contribution in [2.24, 2.45) is 0 Å². The Hall–Kier alpha value is -2.46. The maximum absolute atomic E-state index is 12.8. The smallest absolute Gasteiger partial charge is 0.416 e. The van der Waals surface area contributed by atoms with E-state index >= 15 is 0 Å². The molecule has 11 heteroatoms. The molecule has 2 aromatic rings. The monoisotopic (exact) mass is 437 g/mol. The molecule has 0 fully saturated rings. The third kappa shape index (κ3) is 5.29. The van der Waals surface area contributed by atoms with Crippen LogP contribution in [0.1, 0.15) is 11.1 Å². The molecule has 0 saturated heterocycles. The molecule has 6 nitrogen and oxygen atoms in total. The zero-order valence-corrected chi connectivity index (χ0v) is 16.2. The van der Waals surface area contributed by atoms with Gasteiger partial charge >= 0.3 is 12.1 Å². The maximum Gasteiger partial charge on any atom is 0.416 e. The Balaban J connectivity index is 2.28. The largest absolute Gasteiger partial charge is 0.482 e. The summed E-state index contributed by atoms with van der Waals surface area (Å²) in [7, 11) is -3.03. The van der Waals surface area contributed by atoms with Gasteiger partial charge in [-0.3, -0.25) is 4.72 Å². The van der Waals surface area contributed by atoms with E-state index in [4.69, 9.17) is 16.3 Å². The van der Waals surface area contributed by atoms with Gasteiger partial charge in [-0.2, -0.15) is 13.2 Å². The summed E-state index contributed by atoms with van der Waals surface area (Å²) in [6, 6.07) is 6.07. The van der Waals surface area contributed by atoms with Gasteiger partial charge < -0.3 is 9.47 Å². The summed E-state index contributed by atoms with van der Waals surface area (Å²) >= 11 is 5.82. The highest BCUT2D eigenvalue weighted by molar-refractivity contribution is 7.92. The van der Waals surface area contributed by atoms with Crippen molar-refractivity contribution in [2.45, 2.75) is 18.0 Å². The standard InChI is InChI=1S/C17H15ClF3NO5S/c1-10-7-12(4-6-15(10)27-9-16(23)26-2)28(24,25)22-14-8-11(17(19,20)21)3-5-13(14)18/h3-8,22H,9H2,1-2H3. The van der Waals surface area contributed by atoms with Gasteiger partial charge in [0.15, 0.2) is 6.61 Å². The molecule has 0 amide bonds. The number of carbonyl (C=O) groups is 1. The van der Waals surface area contributed by atoms with Crippen LogP contribution in [0.4, 0.5) is 18.9 Å². The second-order valence-electron chi connectivity index (χ2n) is 5.59. The fourth-order valence-electron chi connectivity index (χ4n) is 2.13. The Kier molecular flexibility index (Phi) is 6.45. The van der Waals surface area contributed by atoms with Crippen LogP contribution in [0.5, 0.6) is 5.75 Å². The van der Waals surface area contributed by atoms with Crippen molar-refractivity contribution in [3.63, 3.8) is 0 Å². The van der Waals surface area contributed by atoms with Crippen LogP contribution in [-0.2, 0) is 25.7 Å². The maximum atomic E-state index is 12.8. The summed E-state index contributed by atoms with van der Waals surface area (Å²) in [5.41, 5.74) is -1.06. The number of nitrogens with one attached hydrogen (secondary N) is 1. The van der Waals surface area contributed by atoms with Crippen LogP contribution in [0.2, 0.25) is 5.02 Å². The van der Waals surface area contributed by atoms with Crippen molar-refractivity contribution >= 4 is 33.3 Å². The first-order valence-electron chi connectivity index (χ1n) is 7.64. The van der Waals surface area contributed by atoms with Crippen molar-refractivity contribution in [3.05, 3.63) is 52.5 Å². The molecule has 0 atom stereocenters. The molecule has 0 aliphatic carbocycles. The highest BCUT2D eigenvalue weighted by Gasteiger charge is 2.31. The van der Waals surface area contributed by atoms with E-state index < -0.39 is 33.4 Å². The number of hydrogen-bond donors (Lipinski definition) is 1. The minimum Gasteiger partial charge on any atom is -0.482 e. The number of carbonyl (C=O) groups excluding carboxylic acids is 1. The molecule has 28 heavy (non-hydrogen) atoms. The Morgan fingerprint density at radius 2 is 1.86 bits per heavy atom. The Morgan fingerprint density at radius 3 is 2.43 bits per heavy atom. The van der Waals surface area contributed by atoms with Crippen LogP contribution in [0.25, 0.3) is 0 Å². The predicted octanol–water partition coefficient (Wildman–Crippen LogP) is 4.02. The zero-order valence-electron chi connectivity index (χ0n) is 14.6. The van der Waals surface area contributed by atoms with E-state index in [-0.39, 0.29) is 22.3 Å². The lowest BCUT2D eigenvalue weighted by Crippen LogP contribution is -2.15. The first-order chi connectivity index (χ1) is 12.9. The first kappa shape index (κ1) is 21.8. The van der Waals surface area contributed by atoms with Gasteiger partial charge in [0.2, 0.25) is 0 Å². The van der Waals surface area contributed by atoms with E-state index in [1.165, 1.54) is 25.3 Å². The van der Waals surface area contributed by atoms with Gasteiger partial charge in [0.1, 0.15) is 5.75 Å². The van der Waals surface area contributed by atoms with Gasteiger partial charge in [0, 0.05) is 0 Å². The van der Waals surface area contributed by atoms with Crippen molar-refractivity contribution in [1.82, 2.24) is 0 Å².